The first-order valence-corrected chi connectivity index (χ1v) is 7.43. The second-order valence-electron chi connectivity index (χ2n) is 5.43. The van der Waals surface area contributed by atoms with E-state index in [1.807, 2.05) is 16.5 Å². The highest BCUT2D eigenvalue weighted by molar-refractivity contribution is 6.31. The van der Waals surface area contributed by atoms with Crippen molar-refractivity contribution in [1.82, 2.24) is 14.8 Å². The molecule has 1 fully saturated rings. The first-order chi connectivity index (χ1) is 10.6. The highest BCUT2D eigenvalue weighted by atomic mass is 35.5. The summed E-state index contributed by atoms with van der Waals surface area (Å²) in [7, 11) is 1.94. The second-order valence-corrected chi connectivity index (χ2v) is 5.86. The molecule has 0 amide bonds. The molecule has 0 radical (unpaired) electrons. The van der Waals surface area contributed by atoms with Crippen molar-refractivity contribution in [2.75, 3.05) is 18.0 Å². The third kappa shape index (κ3) is 2.64. The maximum absolute atomic E-state index is 13.9. The van der Waals surface area contributed by atoms with Crippen molar-refractivity contribution in [3.63, 3.8) is 0 Å². The molecular weight excluding hydrogens is 305 g/mol. The molecule has 1 saturated heterocycles. The van der Waals surface area contributed by atoms with Crippen LogP contribution >= 0.6 is 11.6 Å². The fourth-order valence-corrected chi connectivity index (χ4v) is 3.14. The summed E-state index contributed by atoms with van der Waals surface area (Å²) in [5.41, 5.74) is 0.623. The molecule has 2 aromatic rings. The fourth-order valence-electron chi connectivity index (χ4n) is 2.94. The van der Waals surface area contributed by atoms with Crippen LogP contribution in [0.1, 0.15) is 24.6 Å². The van der Waals surface area contributed by atoms with Gasteiger partial charge in [-0.3, -0.25) is 0 Å². The normalized spacial score (nSPS) is 15.8. The van der Waals surface area contributed by atoms with Gasteiger partial charge in [0.05, 0.1) is 6.57 Å². The van der Waals surface area contributed by atoms with Gasteiger partial charge in [-0.25, -0.2) is 9.24 Å². The number of piperidine rings is 1. The van der Waals surface area contributed by atoms with Crippen LogP contribution in [-0.2, 0) is 7.05 Å². The summed E-state index contributed by atoms with van der Waals surface area (Å²) in [5, 5.41) is 8.40. The van der Waals surface area contributed by atoms with Gasteiger partial charge in [-0.1, -0.05) is 11.6 Å². The Kier molecular flexibility index (Phi) is 3.99. The average molecular weight is 320 g/mol. The van der Waals surface area contributed by atoms with E-state index in [4.69, 9.17) is 18.2 Å². The van der Waals surface area contributed by atoms with Crippen molar-refractivity contribution in [1.29, 1.82) is 0 Å². The van der Waals surface area contributed by atoms with E-state index < -0.39 is 5.82 Å². The summed E-state index contributed by atoms with van der Waals surface area (Å²) in [4.78, 5) is 5.34. The highest BCUT2D eigenvalue weighted by Gasteiger charge is 2.26. The van der Waals surface area contributed by atoms with Crippen LogP contribution in [0, 0.1) is 12.4 Å². The van der Waals surface area contributed by atoms with Crippen LogP contribution in [-0.4, -0.2) is 27.9 Å². The van der Waals surface area contributed by atoms with Gasteiger partial charge in [0, 0.05) is 36.8 Å². The van der Waals surface area contributed by atoms with Gasteiger partial charge in [-0.05, 0) is 25.0 Å². The van der Waals surface area contributed by atoms with Crippen molar-refractivity contribution in [2.24, 2.45) is 7.05 Å². The van der Waals surface area contributed by atoms with E-state index in [2.05, 4.69) is 15.0 Å². The molecule has 0 saturated carbocycles. The smallest absolute Gasteiger partial charge is 0.244 e. The van der Waals surface area contributed by atoms with Gasteiger partial charge in [-0.15, -0.1) is 10.2 Å². The third-order valence-electron chi connectivity index (χ3n) is 4.07. The molecule has 0 bridgehead atoms. The molecule has 2 heterocycles. The molecule has 0 N–H and O–H groups in total. The largest absolute Gasteiger partial charge is 0.380 e. The number of benzene rings is 1. The minimum Gasteiger partial charge on any atom is -0.380 e. The molecule has 1 aliphatic heterocycles. The fraction of sp³-hybridized carbons (Fsp3) is 0.400. The SMILES string of the molecule is [C-]#[N+]c1c(F)cc(Cl)cc1N1CCC(c2nncn2C)CC1. The van der Waals surface area contributed by atoms with Crippen molar-refractivity contribution in [3.8, 4) is 0 Å². The molecule has 0 aliphatic carbocycles. The Hall–Kier alpha value is -2.13. The summed E-state index contributed by atoms with van der Waals surface area (Å²) in [6, 6.07) is 2.85. The zero-order valence-electron chi connectivity index (χ0n) is 12.1. The Labute approximate surface area is 133 Å². The topological polar surface area (TPSA) is 38.3 Å². The van der Waals surface area contributed by atoms with Crippen LogP contribution in [0.2, 0.25) is 5.02 Å². The Morgan fingerprint density at radius 2 is 2.09 bits per heavy atom. The predicted octanol–water partition coefficient (Wildman–Crippen LogP) is 3.54. The van der Waals surface area contributed by atoms with E-state index in [-0.39, 0.29) is 5.69 Å². The Bertz CT molecular complexity index is 728. The third-order valence-corrected chi connectivity index (χ3v) is 4.29. The molecule has 3 rings (SSSR count). The van der Waals surface area contributed by atoms with E-state index in [0.717, 1.165) is 31.8 Å². The Balaban J connectivity index is 1.80. The number of aromatic nitrogens is 3. The van der Waals surface area contributed by atoms with Gasteiger partial charge in [-0.2, -0.15) is 0 Å². The number of nitrogens with zero attached hydrogens (tertiary/aromatic N) is 5. The van der Waals surface area contributed by atoms with Crippen LogP contribution in [0.25, 0.3) is 4.85 Å². The van der Waals surface area contributed by atoms with Gasteiger partial charge in [0.1, 0.15) is 18.0 Å². The average Bonchev–Trinajstić information content (AvgIpc) is 2.93. The zero-order valence-corrected chi connectivity index (χ0v) is 12.9. The van der Waals surface area contributed by atoms with E-state index >= 15 is 0 Å². The highest BCUT2D eigenvalue weighted by Crippen LogP contribution is 2.38. The first kappa shape index (κ1) is 14.8. The van der Waals surface area contributed by atoms with E-state index in [1.165, 1.54) is 6.07 Å². The van der Waals surface area contributed by atoms with Gasteiger partial charge in [0.2, 0.25) is 5.69 Å². The molecule has 0 spiro atoms. The molecule has 1 aromatic heterocycles. The maximum Gasteiger partial charge on any atom is 0.244 e. The van der Waals surface area contributed by atoms with Gasteiger partial charge in [0.25, 0.3) is 0 Å². The van der Waals surface area contributed by atoms with Gasteiger partial charge >= 0.3 is 0 Å². The van der Waals surface area contributed by atoms with Crippen molar-refractivity contribution < 1.29 is 4.39 Å². The Morgan fingerprint density at radius 1 is 1.36 bits per heavy atom. The quantitative estimate of drug-likeness (QED) is 0.795. The molecule has 0 unspecified atom stereocenters. The number of hydrogen-bond donors (Lipinski definition) is 0. The minimum absolute atomic E-state index is 0.0431. The number of aryl methyl sites for hydroxylation is 1. The molecule has 5 nitrogen and oxygen atoms in total. The van der Waals surface area contributed by atoms with Crippen molar-refractivity contribution in [2.45, 2.75) is 18.8 Å². The first-order valence-electron chi connectivity index (χ1n) is 7.05. The van der Waals surface area contributed by atoms with E-state index in [1.54, 1.807) is 12.4 Å². The molecule has 7 heteroatoms. The lowest BCUT2D eigenvalue weighted by molar-refractivity contribution is 0.474. The summed E-state index contributed by atoms with van der Waals surface area (Å²) in [6.45, 7) is 8.66. The van der Waals surface area contributed by atoms with Crippen LogP contribution < -0.4 is 4.90 Å². The molecule has 1 aliphatic rings. The predicted molar refractivity (Wildman–Crippen MR) is 82.9 cm³/mol. The zero-order chi connectivity index (χ0) is 15.7. The molecular formula is C15H15ClFN5. The lowest BCUT2D eigenvalue weighted by atomic mass is 9.95. The molecule has 114 valence electrons. The molecule has 1 aromatic carbocycles. The number of halogens is 2. The maximum atomic E-state index is 13.9. The summed E-state index contributed by atoms with van der Waals surface area (Å²) in [6.07, 6.45) is 3.47. The van der Waals surface area contributed by atoms with E-state index in [9.17, 15) is 4.39 Å². The Morgan fingerprint density at radius 3 is 2.68 bits per heavy atom. The number of anilines is 1. The van der Waals surface area contributed by atoms with Crippen LogP contribution in [0.5, 0.6) is 0 Å². The van der Waals surface area contributed by atoms with Crippen LogP contribution in [0.4, 0.5) is 15.8 Å². The summed E-state index contributed by atoms with van der Waals surface area (Å²) < 4.78 is 15.8. The van der Waals surface area contributed by atoms with Gasteiger partial charge < -0.3 is 9.47 Å². The molecule has 22 heavy (non-hydrogen) atoms. The van der Waals surface area contributed by atoms with Gasteiger partial charge in [0.15, 0.2) is 0 Å². The minimum atomic E-state index is -0.562. The van der Waals surface area contributed by atoms with Crippen molar-refractivity contribution >= 4 is 23.0 Å². The van der Waals surface area contributed by atoms with Crippen molar-refractivity contribution in [3.05, 3.63) is 46.5 Å². The van der Waals surface area contributed by atoms with Crippen LogP contribution in [0.15, 0.2) is 18.5 Å². The second kappa shape index (κ2) is 5.93. The monoisotopic (exact) mass is 319 g/mol. The summed E-state index contributed by atoms with van der Waals surface area (Å²) in [5.74, 6) is 0.749. The lowest BCUT2D eigenvalue weighted by Gasteiger charge is -2.34. The summed E-state index contributed by atoms with van der Waals surface area (Å²) >= 11 is 5.94. The molecule has 0 atom stereocenters. The number of rotatable bonds is 2. The lowest BCUT2D eigenvalue weighted by Crippen LogP contribution is -2.33. The van der Waals surface area contributed by atoms with Crippen LogP contribution in [0.3, 0.4) is 0 Å². The standard InChI is InChI=1S/C15H15ClFN5/c1-18-14-12(17)7-11(16)8-13(14)22-5-3-10(4-6-22)15-20-19-9-21(15)2/h7-10H,3-6H2,2H3. The van der Waals surface area contributed by atoms with E-state index in [0.29, 0.717) is 16.6 Å². The number of hydrogen-bond acceptors (Lipinski definition) is 3.